The number of aliphatic carboxylic acids is 2. The van der Waals surface area contributed by atoms with Crippen molar-refractivity contribution < 1.29 is 38.7 Å². The van der Waals surface area contributed by atoms with Crippen molar-refractivity contribution in [3.8, 4) is 11.5 Å². The minimum atomic E-state index is -1.22. The molecule has 3 rings (SSSR count). The first-order chi connectivity index (χ1) is 14.7. The van der Waals surface area contributed by atoms with Crippen LogP contribution < -0.4 is 5.32 Å². The summed E-state index contributed by atoms with van der Waals surface area (Å²) < 4.78 is 10.8. The van der Waals surface area contributed by atoms with E-state index in [4.69, 9.17) is 24.1 Å². The van der Waals surface area contributed by atoms with E-state index in [2.05, 4.69) is 15.5 Å². The maximum Gasteiger partial charge on any atom is 0.478 e. The predicted octanol–water partition coefficient (Wildman–Crippen LogP) is 0.918. The monoisotopic (exact) mass is 433 g/mol. The largest absolute Gasteiger partial charge is 0.481 e. The van der Waals surface area contributed by atoms with E-state index in [1.807, 2.05) is 30.3 Å². The zero-order valence-electron chi connectivity index (χ0n) is 16.9. The van der Waals surface area contributed by atoms with Gasteiger partial charge in [-0.25, -0.2) is 0 Å². The molecular weight excluding hydrogens is 409 g/mol. The Bertz CT molecular complexity index is 872. The zero-order valence-corrected chi connectivity index (χ0v) is 16.9. The third-order valence-corrected chi connectivity index (χ3v) is 4.28. The van der Waals surface area contributed by atoms with E-state index < -0.39 is 31.1 Å². The van der Waals surface area contributed by atoms with Crippen LogP contribution in [0.5, 0.6) is 0 Å². The Labute approximate surface area is 178 Å². The van der Waals surface area contributed by atoms with Crippen LogP contribution in [0.2, 0.25) is 0 Å². The first kappa shape index (κ1) is 24.0. The van der Waals surface area contributed by atoms with Crippen molar-refractivity contribution in [2.75, 3.05) is 0 Å². The summed E-state index contributed by atoms with van der Waals surface area (Å²) >= 11 is 0. The van der Waals surface area contributed by atoms with Gasteiger partial charge in [-0.2, -0.15) is 0 Å². The standard InChI is InChI=1S/C17H20BN3O6.C2H4O2/c22-14(19-13-7-6-12(10-16(23)24)27-18(13)25)8-9-15-20-21-17(26-15)11-4-2-1-3-5-11;1-2(3)4/h1-5,12-13,25H,6-10H2,(H,19,22)(H,23,24);1H3,(H,3,4)/t12-,13-;/m0./s1. The summed E-state index contributed by atoms with van der Waals surface area (Å²) in [5, 5.41) is 36.7. The quantitative estimate of drug-likeness (QED) is 0.460. The van der Waals surface area contributed by atoms with Crippen LogP contribution in [0.25, 0.3) is 11.5 Å². The van der Waals surface area contributed by atoms with Crippen molar-refractivity contribution in [1.29, 1.82) is 0 Å². The van der Waals surface area contributed by atoms with Gasteiger partial charge in [-0.3, -0.25) is 14.4 Å². The molecule has 1 amide bonds. The number of amides is 1. The molecule has 1 aromatic heterocycles. The highest BCUT2D eigenvalue weighted by Gasteiger charge is 2.36. The number of rotatable bonds is 7. The third kappa shape index (κ3) is 8.56. The molecule has 0 bridgehead atoms. The second-order valence-electron chi connectivity index (χ2n) is 6.88. The van der Waals surface area contributed by atoms with Crippen LogP contribution in [0.3, 0.4) is 0 Å². The van der Waals surface area contributed by atoms with Crippen molar-refractivity contribution in [3.63, 3.8) is 0 Å². The molecule has 0 saturated carbocycles. The minimum absolute atomic E-state index is 0.123. The van der Waals surface area contributed by atoms with Gasteiger partial charge in [0, 0.05) is 25.3 Å². The summed E-state index contributed by atoms with van der Waals surface area (Å²) in [7, 11) is -1.22. The second kappa shape index (κ2) is 11.8. The molecular formula is C19H24BN3O8. The van der Waals surface area contributed by atoms with Gasteiger partial charge < -0.3 is 29.6 Å². The highest BCUT2D eigenvalue weighted by Crippen LogP contribution is 2.19. The molecule has 0 spiro atoms. The van der Waals surface area contributed by atoms with E-state index in [9.17, 15) is 14.6 Å². The number of carbonyl (C=O) groups is 3. The predicted molar refractivity (Wildman–Crippen MR) is 108 cm³/mol. The number of carboxylic acid groups (broad SMARTS) is 2. The molecule has 2 atom stereocenters. The summed E-state index contributed by atoms with van der Waals surface area (Å²) in [6, 6.07) is 9.33. The lowest BCUT2D eigenvalue weighted by Crippen LogP contribution is -2.53. The molecule has 0 unspecified atom stereocenters. The third-order valence-electron chi connectivity index (χ3n) is 4.28. The van der Waals surface area contributed by atoms with E-state index in [1.165, 1.54) is 0 Å². The Morgan fingerprint density at radius 2 is 1.84 bits per heavy atom. The normalized spacial score (nSPS) is 17.9. The summed E-state index contributed by atoms with van der Waals surface area (Å²) in [4.78, 5) is 31.8. The number of hydrogen-bond donors (Lipinski definition) is 4. The number of aryl methyl sites for hydroxylation is 1. The smallest absolute Gasteiger partial charge is 0.478 e. The van der Waals surface area contributed by atoms with Crippen molar-refractivity contribution in [2.45, 2.75) is 51.1 Å². The Hall–Kier alpha value is -3.25. The van der Waals surface area contributed by atoms with Crippen LogP contribution in [-0.2, 0) is 25.5 Å². The van der Waals surface area contributed by atoms with Crippen molar-refractivity contribution in [1.82, 2.24) is 15.5 Å². The lowest BCUT2D eigenvalue weighted by molar-refractivity contribution is -0.139. The van der Waals surface area contributed by atoms with Crippen molar-refractivity contribution >= 4 is 25.0 Å². The van der Waals surface area contributed by atoms with Crippen LogP contribution in [-0.4, -0.2) is 62.4 Å². The number of benzene rings is 1. The number of carboxylic acids is 2. The molecule has 31 heavy (non-hydrogen) atoms. The molecule has 4 N–H and O–H groups in total. The number of carbonyl (C=O) groups excluding carboxylic acids is 1. The second-order valence-corrected chi connectivity index (χ2v) is 6.88. The number of nitrogens with one attached hydrogen (secondary N) is 1. The van der Waals surface area contributed by atoms with Gasteiger partial charge in [-0.05, 0) is 25.0 Å². The van der Waals surface area contributed by atoms with Gasteiger partial charge in [0.15, 0.2) is 0 Å². The zero-order chi connectivity index (χ0) is 22.8. The molecule has 2 heterocycles. The average molecular weight is 433 g/mol. The van der Waals surface area contributed by atoms with Crippen LogP contribution >= 0.6 is 0 Å². The molecule has 1 fully saturated rings. The van der Waals surface area contributed by atoms with E-state index in [0.29, 0.717) is 24.6 Å². The molecule has 12 heteroatoms. The number of hydrogen-bond acceptors (Lipinski definition) is 8. The van der Waals surface area contributed by atoms with Gasteiger partial charge in [-0.1, -0.05) is 18.2 Å². The fourth-order valence-electron chi connectivity index (χ4n) is 2.91. The lowest BCUT2D eigenvalue weighted by atomic mass is 9.72. The molecule has 0 aliphatic carbocycles. The van der Waals surface area contributed by atoms with Crippen LogP contribution in [0.4, 0.5) is 0 Å². The van der Waals surface area contributed by atoms with E-state index in [1.54, 1.807) is 0 Å². The minimum Gasteiger partial charge on any atom is -0.481 e. The number of aromatic nitrogens is 2. The summed E-state index contributed by atoms with van der Waals surface area (Å²) in [6.45, 7) is 1.08. The highest BCUT2D eigenvalue weighted by atomic mass is 16.5. The van der Waals surface area contributed by atoms with Gasteiger partial charge in [0.2, 0.25) is 17.7 Å². The van der Waals surface area contributed by atoms with Crippen LogP contribution in [0.1, 0.15) is 38.5 Å². The molecule has 1 saturated heterocycles. The average Bonchev–Trinajstić information content (AvgIpc) is 3.17. The topological polar surface area (TPSA) is 172 Å². The van der Waals surface area contributed by atoms with Crippen LogP contribution in [0, 0.1) is 0 Å². The van der Waals surface area contributed by atoms with Gasteiger partial charge in [0.25, 0.3) is 5.97 Å². The fourth-order valence-corrected chi connectivity index (χ4v) is 2.91. The van der Waals surface area contributed by atoms with Crippen molar-refractivity contribution in [2.24, 2.45) is 0 Å². The molecule has 1 aliphatic rings. The SMILES string of the molecule is CC(=O)O.O=C(O)C[C@@H]1CC[C@H](NC(=O)CCc2nnc(-c3ccccc3)o2)B(O)O1. The van der Waals surface area contributed by atoms with Gasteiger partial charge in [-0.15, -0.1) is 10.2 Å². The van der Waals surface area contributed by atoms with Gasteiger partial charge >= 0.3 is 13.1 Å². The summed E-state index contributed by atoms with van der Waals surface area (Å²) in [5.74, 6) is -1.91. The molecule has 1 aromatic carbocycles. The van der Waals surface area contributed by atoms with Gasteiger partial charge in [0.05, 0.1) is 18.5 Å². The van der Waals surface area contributed by atoms with E-state index >= 15 is 0 Å². The van der Waals surface area contributed by atoms with Crippen molar-refractivity contribution in [3.05, 3.63) is 36.2 Å². The number of nitrogens with zero attached hydrogens (tertiary/aromatic N) is 2. The molecule has 2 aromatic rings. The Balaban J connectivity index is 0.000000785. The maximum absolute atomic E-state index is 12.1. The Kier molecular flexibility index (Phi) is 9.16. The Morgan fingerprint density at radius 3 is 2.45 bits per heavy atom. The first-order valence-corrected chi connectivity index (χ1v) is 9.66. The first-order valence-electron chi connectivity index (χ1n) is 9.66. The fraction of sp³-hybridized carbons (Fsp3) is 0.421. The van der Waals surface area contributed by atoms with E-state index in [-0.39, 0.29) is 25.2 Å². The van der Waals surface area contributed by atoms with E-state index in [0.717, 1.165) is 12.5 Å². The van der Waals surface area contributed by atoms with Crippen LogP contribution in [0.15, 0.2) is 34.7 Å². The van der Waals surface area contributed by atoms with Gasteiger partial charge in [0.1, 0.15) is 0 Å². The summed E-state index contributed by atoms with van der Waals surface area (Å²) in [5.41, 5.74) is 0.805. The molecule has 11 nitrogen and oxygen atoms in total. The summed E-state index contributed by atoms with van der Waals surface area (Å²) in [6.07, 6.45) is 0.593. The molecule has 0 radical (unpaired) electrons. The lowest BCUT2D eigenvalue weighted by Gasteiger charge is -2.30. The molecule has 166 valence electrons. The maximum atomic E-state index is 12.1. The Morgan fingerprint density at radius 1 is 1.16 bits per heavy atom. The molecule has 1 aliphatic heterocycles. The highest BCUT2D eigenvalue weighted by molar-refractivity contribution is 6.45.